The van der Waals surface area contributed by atoms with Crippen molar-refractivity contribution in [3.05, 3.63) is 58.5 Å². The number of hydrogen-bond acceptors (Lipinski definition) is 3. The third kappa shape index (κ3) is 4.41. The number of aromatic nitrogens is 2. The molecule has 0 aliphatic heterocycles. The second-order valence-corrected chi connectivity index (χ2v) is 9.27. The smallest absolute Gasteiger partial charge is 0.348 e. The summed E-state index contributed by atoms with van der Waals surface area (Å²) < 4.78 is 7.42. The monoisotopic (exact) mass is 400 g/mol. The average Bonchev–Trinajstić information content (AvgIpc) is 3.56. The molecule has 1 heterocycles. The summed E-state index contributed by atoms with van der Waals surface area (Å²) >= 11 is 0. The number of hydrogen-bond donors (Lipinski definition) is 0. The predicted molar refractivity (Wildman–Crippen MR) is 122 cm³/mol. The minimum Gasteiger partial charge on any atom is -0.481 e. The summed E-state index contributed by atoms with van der Waals surface area (Å²) in [5, 5.41) is 0.900. The maximum atomic E-state index is 13.0. The first kappa shape index (κ1) is 20.2. The van der Waals surface area contributed by atoms with Crippen molar-refractivity contribution in [3.8, 4) is 29.4 Å². The van der Waals surface area contributed by atoms with Gasteiger partial charge in [0.2, 0.25) is 0 Å². The van der Waals surface area contributed by atoms with Crippen LogP contribution in [0, 0.1) is 17.8 Å². The lowest BCUT2D eigenvalue weighted by atomic mass is 9.92. The molecule has 1 aromatic heterocycles. The molecule has 154 valence electrons. The van der Waals surface area contributed by atoms with Gasteiger partial charge < -0.3 is 4.74 Å². The van der Waals surface area contributed by atoms with E-state index in [0.29, 0.717) is 23.9 Å². The van der Waals surface area contributed by atoms with Crippen LogP contribution in [-0.2, 0) is 6.54 Å². The van der Waals surface area contributed by atoms with Crippen LogP contribution in [0.2, 0.25) is 0 Å². The number of nitrogens with zero attached hydrogens (tertiary/aromatic N) is 2. The van der Waals surface area contributed by atoms with Gasteiger partial charge in [0.25, 0.3) is 0 Å². The third-order valence-electron chi connectivity index (χ3n) is 5.59. The quantitative estimate of drug-likeness (QED) is 0.521. The lowest BCUT2D eigenvalue weighted by molar-refractivity contribution is 0.349. The van der Waals surface area contributed by atoms with E-state index in [9.17, 15) is 4.79 Å². The molecule has 0 atom stereocenters. The number of benzene rings is 2. The lowest BCUT2D eigenvalue weighted by Gasteiger charge is -2.20. The molecule has 0 radical (unpaired) electrons. The number of ether oxygens (including phenoxy) is 1. The molecule has 0 N–H and O–H groups in total. The Morgan fingerprint density at radius 3 is 2.53 bits per heavy atom. The highest BCUT2D eigenvalue weighted by molar-refractivity contribution is 5.93. The minimum atomic E-state index is -0.217. The van der Waals surface area contributed by atoms with E-state index in [-0.39, 0.29) is 17.7 Å². The van der Waals surface area contributed by atoms with Gasteiger partial charge in [0.15, 0.2) is 0 Å². The molecular weight excluding hydrogens is 372 g/mol. The standard InChI is InChI=1S/C26H28N2O2/c1-5-16-30-21-12-13-23-22(17-21)24(20-10-8-19(9-11-20)18-6-7-18)27-25(29)28(23)15-14-26(2,3)4/h1,8-13,17-18H,6-7,14-16H2,2-4H3. The molecule has 4 heteroatoms. The van der Waals surface area contributed by atoms with Crippen molar-refractivity contribution in [1.82, 2.24) is 9.55 Å². The Bertz CT molecular complexity index is 1160. The Kier molecular flexibility index (Phi) is 5.39. The molecule has 1 aliphatic carbocycles. The van der Waals surface area contributed by atoms with Crippen molar-refractivity contribution in [2.45, 2.75) is 52.5 Å². The summed E-state index contributed by atoms with van der Waals surface area (Å²) in [4.78, 5) is 17.5. The first-order chi connectivity index (χ1) is 14.4. The molecule has 2 aromatic carbocycles. The Labute approximate surface area is 177 Å². The maximum absolute atomic E-state index is 13.0. The normalized spacial score (nSPS) is 13.9. The Morgan fingerprint density at radius 2 is 1.90 bits per heavy atom. The molecule has 0 unspecified atom stereocenters. The van der Waals surface area contributed by atoms with E-state index in [1.165, 1.54) is 18.4 Å². The Morgan fingerprint density at radius 1 is 1.17 bits per heavy atom. The highest BCUT2D eigenvalue weighted by Gasteiger charge is 2.23. The second-order valence-electron chi connectivity index (χ2n) is 9.27. The second kappa shape index (κ2) is 7.99. The van der Waals surface area contributed by atoms with E-state index in [2.05, 4.69) is 55.9 Å². The van der Waals surface area contributed by atoms with Crippen LogP contribution in [-0.4, -0.2) is 16.2 Å². The van der Waals surface area contributed by atoms with Gasteiger partial charge in [-0.3, -0.25) is 4.57 Å². The number of aryl methyl sites for hydroxylation is 1. The molecule has 4 nitrogen and oxygen atoms in total. The summed E-state index contributed by atoms with van der Waals surface area (Å²) in [6.07, 6.45) is 8.76. The predicted octanol–water partition coefficient (Wildman–Crippen LogP) is 5.39. The minimum absolute atomic E-state index is 0.124. The first-order valence-corrected chi connectivity index (χ1v) is 10.6. The third-order valence-corrected chi connectivity index (χ3v) is 5.59. The van der Waals surface area contributed by atoms with Crippen molar-refractivity contribution >= 4 is 10.9 Å². The van der Waals surface area contributed by atoms with Gasteiger partial charge >= 0.3 is 5.69 Å². The highest BCUT2D eigenvalue weighted by atomic mass is 16.5. The van der Waals surface area contributed by atoms with Crippen LogP contribution in [0.15, 0.2) is 47.3 Å². The molecule has 4 rings (SSSR count). The average molecular weight is 401 g/mol. The van der Waals surface area contributed by atoms with E-state index in [4.69, 9.17) is 11.2 Å². The van der Waals surface area contributed by atoms with Crippen molar-refractivity contribution in [3.63, 3.8) is 0 Å². The summed E-state index contributed by atoms with van der Waals surface area (Å²) in [5.41, 5.74) is 3.77. The van der Waals surface area contributed by atoms with Gasteiger partial charge in [-0.15, -0.1) is 6.42 Å². The fourth-order valence-electron chi connectivity index (χ4n) is 3.69. The van der Waals surface area contributed by atoms with Crippen molar-refractivity contribution in [2.24, 2.45) is 5.41 Å². The van der Waals surface area contributed by atoms with Gasteiger partial charge in [-0.25, -0.2) is 4.79 Å². The molecule has 0 amide bonds. The summed E-state index contributed by atoms with van der Waals surface area (Å²) in [5.74, 6) is 3.87. The van der Waals surface area contributed by atoms with Gasteiger partial charge in [0.1, 0.15) is 12.4 Å². The van der Waals surface area contributed by atoms with Crippen LogP contribution in [0.4, 0.5) is 0 Å². The molecule has 0 bridgehead atoms. The zero-order chi connectivity index (χ0) is 21.3. The topological polar surface area (TPSA) is 44.1 Å². The van der Waals surface area contributed by atoms with E-state index in [0.717, 1.165) is 22.9 Å². The SMILES string of the molecule is C#CCOc1ccc2c(c1)c(-c1ccc(C3CC3)cc1)nc(=O)n2CCC(C)(C)C. The van der Waals surface area contributed by atoms with Gasteiger partial charge in [-0.1, -0.05) is 51.0 Å². The summed E-state index contributed by atoms with van der Waals surface area (Å²) in [7, 11) is 0. The lowest BCUT2D eigenvalue weighted by Crippen LogP contribution is -2.26. The molecule has 30 heavy (non-hydrogen) atoms. The molecule has 1 saturated carbocycles. The van der Waals surface area contributed by atoms with Crippen molar-refractivity contribution in [2.75, 3.05) is 6.61 Å². The zero-order valence-corrected chi connectivity index (χ0v) is 17.9. The fourth-order valence-corrected chi connectivity index (χ4v) is 3.69. The largest absolute Gasteiger partial charge is 0.481 e. The summed E-state index contributed by atoms with van der Waals surface area (Å²) in [6.45, 7) is 7.35. The Hall–Kier alpha value is -3.06. The van der Waals surface area contributed by atoms with Crippen LogP contribution in [0.3, 0.4) is 0 Å². The summed E-state index contributed by atoms with van der Waals surface area (Å²) in [6, 6.07) is 14.2. The van der Waals surface area contributed by atoms with Gasteiger partial charge in [0, 0.05) is 17.5 Å². The van der Waals surface area contributed by atoms with E-state index >= 15 is 0 Å². The number of terminal acetylenes is 1. The molecule has 3 aromatic rings. The van der Waals surface area contributed by atoms with Crippen LogP contribution < -0.4 is 10.4 Å². The van der Waals surface area contributed by atoms with E-state index < -0.39 is 0 Å². The van der Waals surface area contributed by atoms with E-state index in [1.807, 2.05) is 18.2 Å². The van der Waals surface area contributed by atoms with Gasteiger partial charge in [-0.2, -0.15) is 4.98 Å². The van der Waals surface area contributed by atoms with Crippen LogP contribution in [0.25, 0.3) is 22.2 Å². The molecule has 1 aliphatic rings. The van der Waals surface area contributed by atoms with Crippen molar-refractivity contribution in [1.29, 1.82) is 0 Å². The van der Waals surface area contributed by atoms with E-state index in [1.54, 1.807) is 4.57 Å². The van der Waals surface area contributed by atoms with Crippen molar-refractivity contribution < 1.29 is 4.74 Å². The molecular formula is C26H28N2O2. The molecule has 0 spiro atoms. The maximum Gasteiger partial charge on any atom is 0.348 e. The van der Waals surface area contributed by atoms with Gasteiger partial charge in [0.05, 0.1) is 11.2 Å². The van der Waals surface area contributed by atoms with Crippen LogP contribution >= 0.6 is 0 Å². The fraction of sp³-hybridized carbons (Fsp3) is 0.385. The zero-order valence-electron chi connectivity index (χ0n) is 17.9. The first-order valence-electron chi connectivity index (χ1n) is 10.6. The van der Waals surface area contributed by atoms with Crippen LogP contribution in [0.1, 0.15) is 51.5 Å². The Balaban J connectivity index is 1.83. The van der Waals surface area contributed by atoms with Crippen LogP contribution in [0.5, 0.6) is 5.75 Å². The molecule has 0 saturated heterocycles. The molecule has 1 fully saturated rings. The van der Waals surface area contributed by atoms with Gasteiger partial charge in [-0.05, 0) is 54.4 Å². The number of rotatable bonds is 6. The number of fused-ring (bicyclic) bond motifs is 1. The highest BCUT2D eigenvalue weighted by Crippen LogP contribution is 2.40.